The van der Waals surface area contributed by atoms with Gasteiger partial charge < -0.3 is 5.11 Å². The van der Waals surface area contributed by atoms with Gasteiger partial charge in [-0.1, -0.05) is 12.5 Å². The van der Waals surface area contributed by atoms with Crippen LogP contribution in [0, 0.1) is 5.82 Å². The summed E-state index contributed by atoms with van der Waals surface area (Å²) in [5.41, 5.74) is 0.362. The average molecular weight is 301 g/mol. The van der Waals surface area contributed by atoms with E-state index in [9.17, 15) is 12.8 Å². The Morgan fingerprint density at radius 2 is 1.90 bits per heavy atom. The molecule has 4 nitrogen and oxygen atoms in total. The summed E-state index contributed by atoms with van der Waals surface area (Å²) in [5, 5.41) is 8.96. The Kier molecular flexibility index (Phi) is 4.46. The van der Waals surface area contributed by atoms with Crippen molar-refractivity contribution >= 4 is 10.0 Å². The number of rotatable bonds is 3. The van der Waals surface area contributed by atoms with Crippen LogP contribution in [-0.2, 0) is 16.6 Å². The van der Waals surface area contributed by atoms with E-state index in [0.29, 0.717) is 5.56 Å². The number of halogens is 1. The number of sulfonamides is 1. The van der Waals surface area contributed by atoms with Crippen LogP contribution in [0.2, 0.25) is 0 Å². The minimum Gasteiger partial charge on any atom is -0.392 e. The highest BCUT2D eigenvalue weighted by Gasteiger charge is 2.37. The van der Waals surface area contributed by atoms with E-state index in [2.05, 4.69) is 0 Å². The normalized spacial score (nSPS) is 24.8. The Labute approximate surface area is 119 Å². The van der Waals surface area contributed by atoms with Gasteiger partial charge in [-0.2, -0.15) is 4.31 Å². The maximum absolute atomic E-state index is 14.0. The quantitative estimate of drug-likeness (QED) is 0.931. The second-order valence-corrected chi connectivity index (χ2v) is 7.20. The van der Waals surface area contributed by atoms with Crippen molar-refractivity contribution in [2.75, 3.05) is 0 Å². The van der Waals surface area contributed by atoms with E-state index >= 15 is 0 Å². The Bertz CT molecular complexity index is 578. The second kappa shape index (κ2) is 5.79. The van der Waals surface area contributed by atoms with Gasteiger partial charge in [-0.05, 0) is 44.4 Å². The van der Waals surface area contributed by atoms with Gasteiger partial charge in [0.25, 0.3) is 0 Å². The summed E-state index contributed by atoms with van der Waals surface area (Å²) >= 11 is 0. The number of nitrogens with zero attached hydrogens (tertiary/aromatic N) is 1. The van der Waals surface area contributed by atoms with Gasteiger partial charge in [-0.3, -0.25) is 0 Å². The Morgan fingerprint density at radius 1 is 1.30 bits per heavy atom. The molecule has 20 heavy (non-hydrogen) atoms. The van der Waals surface area contributed by atoms with Crippen molar-refractivity contribution in [3.8, 4) is 0 Å². The van der Waals surface area contributed by atoms with E-state index in [1.54, 1.807) is 0 Å². The molecule has 0 unspecified atom stereocenters. The number of piperidine rings is 1. The summed E-state index contributed by atoms with van der Waals surface area (Å²) in [4.78, 5) is -0.310. The summed E-state index contributed by atoms with van der Waals surface area (Å²) in [6.07, 6.45) is 2.57. The molecule has 1 aliphatic rings. The monoisotopic (exact) mass is 301 g/mol. The first-order valence-electron chi connectivity index (χ1n) is 6.80. The zero-order valence-corrected chi connectivity index (χ0v) is 12.5. The predicted octanol–water partition coefficient (Wildman–Crippen LogP) is 2.27. The third-order valence-electron chi connectivity index (χ3n) is 3.85. The molecular formula is C14H20FNO3S. The maximum atomic E-state index is 14.0. The summed E-state index contributed by atoms with van der Waals surface area (Å²) in [6.45, 7) is 3.40. The van der Waals surface area contributed by atoms with Crippen LogP contribution < -0.4 is 0 Å². The van der Waals surface area contributed by atoms with Crippen LogP contribution in [-0.4, -0.2) is 29.9 Å². The molecule has 2 atom stereocenters. The summed E-state index contributed by atoms with van der Waals surface area (Å²) < 4.78 is 40.7. The fourth-order valence-corrected chi connectivity index (χ4v) is 4.77. The second-order valence-electron chi connectivity index (χ2n) is 5.39. The fourth-order valence-electron chi connectivity index (χ4n) is 2.84. The molecule has 112 valence electrons. The molecular weight excluding hydrogens is 281 g/mol. The minimum atomic E-state index is -3.84. The van der Waals surface area contributed by atoms with Crippen molar-refractivity contribution in [3.63, 3.8) is 0 Å². The van der Waals surface area contributed by atoms with Crippen molar-refractivity contribution in [1.29, 1.82) is 0 Å². The molecule has 1 aromatic rings. The van der Waals surface area contributed by atoms with Crippen molar-refractivity contribution in [3.05, 3.63) is 29.6 Å². The topological polar surface area (TPSA) is 57.6 Å². The molecule has 0 saturated carbocycles. The lowest BCUT2D eigenvalue weighted by Gasteiger charge is -2.37. The van der Waals surface area contributed by atoms with Gasteiger partial charge in [-0.25, -0.2) is 12.8 Å². The summed E-state index contributed by atoms with van der Waals surface area (Å²) in [7, 11) is -3.84. The van der Waals surface area contributed by atoms with Crippen LogP contribution in [0.4, 0.5) is 4.39 Å². The van der Waals surface area contributed by atoms with Crippen LogP contribution >= 0.6 is 0 Å². The third kappa shape index (κ3) is 2.73. The largest absolute Gasteiger partial charge is 0.392 e. The lowest BCUT2D eigenvalue weighted by Crippen LogP contribution is -2.47. The fraction of sp³-hybridized carbons (Fsp3) is 0.571. The maximum Gasteiger partial charge on any atom is 0.246 e. The van der Waals surface area contributed by atoms with Crippen molar-refractivity contribution < 1.29 is 17.9 Å². The van der Waals surface area contributed by atoms with Crippen LogP contribution in [0.1, 0.15) is 38.7 Å². The van der Waals surface area contributed by atoms with E-state index in [1.165, 1.54) is 16.4 Å². The molecule has 6 heteroatoms. The zero-order valence-electron chi connectivity index (χ0n) is 11.7. The number of aliphatic hydroxyl groups is 1. The molecule has 0 aromatic heterocycles. The molecule has 1 N–H and O–H groups in total. The molecule has 1 saturated heterocycles. The van der Waals surface area contributed by atoms with Crippen molar-refractivity contribution in [1.82, 2.24) is 4.31 Å². The third-order valence-corrected chi connectivity index (χ3v) is 6.01. The Hall–Kier alpha value is -0.980. The highest BCUT2D eigenvalue weighted by atomic mass is 32.2. The van der Waals surface area contributed by atoms with E-state index in [1.807, 2.05) is 13.8 Å². The molecule has 1 aromatic carbocycles. The number of aliphatic hydroxyl groups excluding tert-OH is 1. The first kappa shape index (κ1) is 15.4. The van der Waals surface area contributed by atoms with Crippen LogP contribution in [0.3, 0.4) is 0 Å². The first-order chi connectivity index (χ1) is 9.37. The predicted molar refractivity (Wildman–Crippen MR) is 74.1 cm³/mol. The summed E-state index contributed by atoms with van der Waals surface area (Å²) in [5.74, 6) is -0.804. The molecule has 0 bridgehead atoms. The van der Waals surface area contributed by atoms with Gasteiger partial charge >= 0.3 is 0 Å². The lowest BCUT2D eigenvalue weighted by molar-refractivity contribution is 0.203. The number of benzene rings is 1. The summed E-state index contributed by atoms with van der Waals surface area (Å²) in [6, 6.07) is 3.51. The Morgan fingerprint density at radius 3 is 2.40 bits per heavy atom. The van der Waals surface area contributed by atoms with Gasteiger partial charge in [0.2, 0.25) is 10.0 Å². The van der Waals surface area contributed by atoms with E-state index in [0.717, 1.165) is 25.3 Å². The van der Waals surface area contributed by atoms with Gasteiger partial charge in [-0.15, -0.1) is 0 Å². The number of hydrogen-bond donors (Lipinski definition) is 1. The van der Waals surface area contributed by atoms with Crippen molar-refractivity contribution in [2.45, 2.75) is 56.7 Å². The SMILES string of the molecule is C[C@@H]1CCC[C@H](C)N1S(=O)(=O)c1ccc(CO)cc1F. The molecule has 0 amide bonds. The smallest absolute Gasteiger partial charge is 0.246 e. The Balaban J connectivity index is 2.44. The van der Waals surface area contributed by atoms with Gasteiger partial charge in [0.05, 0.1) is 6.61 Å². The first-order valence-corrected chi connectivity index (χ1v) is 8.24. The molecule has 0 spiro atoms. The van der Waals surface area contributed by atoms with Crippen molar-refractivity contribution in [2.24, 2.45) is 0 Å². The highest BCUT2D eigenvalue weighted by Crippen LogP contribution is 2.30. The minimum absolute atomic E-state index is 0.124. The van der Waals surface area contributed by atoms with Gasteiger partial charge in [0.15, 0.2) is 0 Å². The van der Waals surface area contributed by atoms with E-state index in [-0.39, 0.29) is 23.6 Å². The molecule has 0 radical (unpaired) electrons. The van der Waals surface area contributed by atoms with Crippen LogP contribution in [0.15, 0.2) is 23.1 Å². The van der Waals surface area contributed by atoms with E-state index in [4.69, 9.17) is 5.11 Å². The zero-order chi connectivity index (χ0) is 14.9. The van der Waals surface area contributed by atoms with E-state index < -0.39 is 15.8 Å². The van der Waals surface area contributed by atoms with Crippen LogP contribution in [0.5, 0.6) is 0 Å². The number of hydrogen-bond acceptors (Lipinski definition) is 3. The molecule has 1 fully saturated rings. The molecule has 2 rings (SSSR count). The van der Waals surface area contributed by atoms with Crippen LogP contribution in [0.25, 0.3) is 0 Å². The molecule has 0 aliphatic carbocycles. The molecule has 1 aliphatic heterocycles. The van der Waals surface area contributed by atoms with Gasteiger partial charge in [0, 0.05) is 12.1 Å². The molecule has 1 heterocycles. The average Bonchev–Trinajstić information content (AvgIpc) is 2.37. The standard InChI is InChI=1S/C14H20FNO3S/c1-10-4-3-5-11(2)16(10)20(18,19)14-7-6-12(9-17)8-13(14)15/h6-8,10-11,17H,3-5,9H2,1-2H3/t10-,11+. The van der Waals surface area contributed by atoms with Gasteiger partial charge in [0.1, 0.15) is 10.7 Å². The lowest BCUT2D eigenvalue weighted by atomic mass is 10.0. The highest BCUT2D eigenvalue weighted by molar-refractivity contribution is 7.89.